The molecule has 0 aliphatic heterocycles. The summed E-state index contributed by atoms with van der Waals surface area (Å²) in [6.45, 7) is 24.0. The Morgan fingerprint density at radius 2 is 1.31 bits per heavy atom. The van der Waals surface area contributed by atoms with Crippen molar-refractivity contribution in [2.75, 3.05) is 13.9 Å². The van der Waals surface area contributed by atoms with Crippen LogP contribution in [0.1, 0.15) is 89.1 Å². The van der Waals surface area contributed by atoms with Crippen molar-refractivity contribution >= 4 is 13.3 Å². The average Bonchev–Trinajstić information content (AvgIpc) is 2.69. The number of hydrogen-bond donors (Lipinski definition) is 0. The molecule has 0 heterocycles. The third-order valence-electron chi connectivity index (χ3n) is 7.47. The van der Waals surface area contributed by atoms with Crippen molar-refractivity contribution in [3.05, 3.63) is 58.1 Å². The summed E-state index contributed by atoms with van der Waals surface area (Å²) in [5.74, 6) is 1.33. The maximum absolute atomic E-state index is 5.80. The smallest absolute Gasteiger partial charge is 0.188 e. The molecule has 0 N–H and O–H groups in total. The molecule has 0 aromatic heterocycles. The molecule has 0 saturated carbocycles. The minimum atomic E-state index is -1.65. The van der Waals surface area contributed by atoms with Gasteiger partial charge in [0.25, 0.3) is 0 Å². The van der Waals surface area contributed by atoms with E-state index in [-0.39, 0.29) is 6.79 Å². The van der Waals surface area contributed by atoms with Crippen LogP contribution in [0, 0.1) is 13.8 Å². The van der Waals surface area contributed by atoms with Gasteiger partial charge >= 0.3 is 0 Å². The van der Waals surface area contributed by atoms with Crippen molar-refractivity contribution in [2.45, 2.75) is 98.2 Å². The average molecular weight is 455 g/mol. The second-order valence-electron chi connectivity index (χ2n) is 10.7. The first-order valence-electron chi connectivity index (χ1n) is 12.3. The predicted octanol–water partition coefficient (Wildman–Crippen LogP) is 7.89. The number of ether oxygens (including phenoxy) is 2. The first kappa shape index (κ1) is 26.7. The summed E-state index contributed by atoms with van der Waals surface area (Å²) in [6, 6.07) is 11.7. The van der Waals surface area contributed by atoms with Crippen LogP contribution in [-0.4, -0.2) is 22.0 Å². The van der Waals surface area contributed by atoms with E-state index in [1.54, 1.807) is 12.3 Å². The standard InChI is InChI=1S/C29H46O2Si/c1-19(2)27-16-25(12-13-29(27)31-18-30-11)17-28-23(9)14-26(15-24(28)10)32(20(3)4,21(5)6)22(7)8/h12-16,19-22H,17-18H2,1-11H3. The van der Waals surface area contributed by atoms with E-state index in [2.05, 4.69) is 99.6 Å². The van der Waals surface area contributed by atoms with Crippen molar-refractivity contribution in [2.24, 2.45) is 0 Å². The quantitative estimate of drug-likeness (QED) is 0.268. The van der Waals surface area contributed by atoms with Crippen LogP contribution in [0.3, 0.4) is 0 Å². The fourth-order valence-electron chi connectivity index (χ4n) is 6.14. The van der Waals surface area contributed by atoms with E-state index in [0.29, 0.717) is 5.92 Å². The molecule has 2 aromatic carbocycles. The van der Waals surface area contributed by atoms with Crippen LogP contribution in [0.4, 0.5) is 0 Å². The van der Waals surface area contributed by atoms with Crippen molar-refractivity contribution in [3.63, 3.8) is 0 Å². The van der Waals surface area contributed by atoms with Crippen LogP contribution in [0.15, 0.2) is 30.3 Å². The number of benzene rings is 2. The van der Waals surface area contributed by atoms with Gasteiger partial charge < -0.3 is 9.47 Å². The summed E-state index contributed by atoms with van der Waals surface area (Å²) in [7, 11) is 0.00675. The Balaban J connectivity index is 2.48. The highest BCUT2D eigenvalue weighted by atomic mass is 28.3. The summed E-state index contributed by atoms with van der Waals surface area (Å²) in [5.41, 5.74) is 9.10. The van der Waals surface area contributed by atoms with Crippen molar-refractivity contribution in [3.8, 4) is 5.75 Å². The highest BCUT2D eigenvalue weighted by Crippen LogP contribution is 2.41. The van der Waals surface area contributed by atoms with Gasteiger partial charge in [0.15, 0.2) is 6.79 Å². The SMILES string of the molecule is COCOc1ccc(Cc2c(C)cc([Si](C(C)C)(C(C)C)C(C)C)cc2C)cc1C(C)C. The van der Waals surface area contributed by atoms with E-state index in [1.807, 2.05) is 0 Å². The van der Waals surface area contributed by atoms with E-state index < -0.39 is 8.07 Å². The summed E-state index contributed by atoms with van der Waals surface area (Å²) in [5, 5.41) is 1.64. The highest BCUT2D eigenvalue weighted by molar-refractivity contribution is 6.95. The highest BCUT2D eigenvalue weighted by Gasteiger charge is 2.44. The van der Waals surface area contributed by atoms with Crippen molar-refractivity contribution in [1.29, 1.82) is 0 Å². The first-order chi connectivity index (χ1) is 15.0. The van der Waals surface area contributed by atoms with E-state index in [0.717, 1.165) is 28.8 Å². The molecule has 32 heavy (non-hydrogen) atoms. The minimum Gasteiger partial charge on any atom is -0.467 e. The van der Waals surface area contributed by atoms with E-state index in [4.69, 9.17) is 9.47 Å². The zero-order valence-corrected chi connectivity index (χ0v) is 23.4. The van der Waals surface area contributed by atoms with Crippen LogP contribution in [0.2, 0.25) is 16.6 Å². The molecule has 0 atom stereocenters. The van der Waals surface area contributed by atoms with E-state index in [9.17, 15) is 0 Å². The number of methoxy groups -OCH3 is 1. The lowest BCUT2D eigenvalue weighted by Crippen LogP contribution is -2.55. The Hall–Kier alpha value is -1.58. The molecule has 2 nitrogen and oxygen atoms in total. The van der Waals surface area contributed by atoms with Crippen LogP contribution in [-0.2, 0) is 11.2 Å². The molecule has 0 aliphatic rings. The largest absolute Gasteiger partial charge is 0.467 e. The lowest BCUT2D eigenvalue weighted by Gasteiger charge is -2.44. The molecule has 178 valence electrons. The van der Waals surface area contributed by atoms with Gasteiger partial charge in [-0.2, -0.15) is 0 Å². The summed E-state index contributed by atoms with van der Waals surface area (Å²) in [6.07, 6.45) is 0.960. The van der Waals surface area contributed by atoms with Crippen molar-refractivity contribution in [1.82, 2.24) is 0 Å². The normalized spacial score (nSPS) is 12.5. The summed E-state index contributed by atoms with van der Waals surface area (Å²) < 4.78 is 10.9. The third-order valence-corrected chi connectivity index (χ3v) is 14.5. The molecular weight excluding hydrogens is 408 g/mol. The molecule has 3 heteroatoms. The summed E-state index contributed by atoms with van der Waals surface area (Å²) in [4.78, 5) is 0. The van der Waals surface area contributed by atoms with Gasteiger partial charge in [-0.3, -0.25) is 0 Å². The maximum atomic E-state index is 5.80. The van der Waals surface area contributed by atoms with Crippen LogP contribution < -0.4 is 9.92 Å². The molecule has 0 radical (unpaired) electrons. The predicted molar refractivity (Wildman–Crippen MR) is 142 cm³/mol. The molecule has 0 fully saturated rings. The van der Waals surface area contributed by atoms with E-state index in [1.165, 1.54) is 27.8 Å². The van der Waals surface area contributed by atoms with Gasteiger partial charge in [0.1, 0.15) is 5.75 Å². The first-order valence-corrected chi connectivity index (χ1v) is 14.5. The topological polar surface area (TPSA) is 18.5 Å². The lowest BCUT2D eigenvalue weighted by molar-refractivity contribution is 0.0502. The summed E-state index contributed by atoms with van der Waals surface area (Å²) >= 11 is 0. The minimum absolute atomic E-state index is 0.284. The van der Waals surface area contributed by atoms with Crippen LogP contribution in [0.25, 0.3) is 0 Å². The molecule has 2 aromatic rings. The van der Waals surface area contributed by atoms with E-state index >= 15 is 0 Å². The Bertz CT molecular complexity index is 851. The molecule has 0 saturated heterocycles. The molecule has 0 bridgehead atoms. The monoisotopic (exact) mass is 454 g/mol. The van der Waals surface area contributed by atoms with Crippen molar-refractivity contribution < 1.29 is 9.47 Å². The zero-order chi connectivity index (χ0) is 24.2. The Morgan fingerprint density at radius 3 is 1.75 bits per heavy atom. The van der Waals surface area contributed by atoms with Gasteiger partial charge in [-0.25, -0.2) is 0 Å². The number of hydrogen-bond acceptors (Lipinski definition) is 2. The molecule has 0 unspecified atom stereocenters. The van der Waals surface area contributed by atoms with Gasteiger partial charge in [-0.05, 0) is 76.7 Å². The molecule has 0 spiro atoms. The van der Waals surface area contributed by atoms with Gasteiger partial charge in [0.05, 0.1) is 8.07 Å². The second-order valence-corrected chi connectivity index (χ2v) is 16.6. The Morgan fingerprint density at radius 1 is 0.781 bits per heavy atom. The number of rotatable bonds is 10. The third kappa shape index (κ3) is 5.31. The molecule has 0 amide bonds. The Kier molecular flexibility index (Phi) is 9.19. The van der Waals surface area contributed by atoms with Crippen LogP contribution >= 0.6 is 0 Å². The number of aryl methyl sites for hydroxylation is 2. The fraction of sp³-hybridized carbons (Fsp3) is 0.586. The Labute approximate surface area is 198 Å². The van der Waals surface area contributed by atoms with Gasteiger partial charge in [-0.1, -0.05) is 84.8 Å². The van der Waals surface area contributed by atoms with Gasteiger partial charge in [-0.15, -0.1) is 0 Å². The second kappa shape index (κ2) is 11.0. The van der Waals surface area contributed by atoms with Crippen LogP contribution in [0.5, 0.6) is 5.75 Å². The maximum Gasteiger partial charge on any atom is 0.188 e. The van der Waals surface area contributed by atoms with Gasteiger partial charge in [0, 0.05) is 7.11 Å². The molecule has 2 rings (SSSR count). The van der Waals surface area contributed by atoms with Gasteiger partial charge in [0.2, 0.25) is 0 Å². The fourth-order valence-corrected chi connectivity index (χ4v) is 13.1. The molecule has 0 aliphatic carbocycles. The zero-order valence-electron chi connectivity index (χ0n) is 22.4. The lowest BCUT2D eigenvalue weighted by atomic mass is 9.93. The molecular formula is C29H46O2Si.